The lowest BCUT2D eigenvalue weighted by Crippen LogP contribution is -2.26. The monoisotopic (exact) mass is 304 g/mol. The number of benzene rings is 2. The molecule has 0 aromatic heterocycles. The Morgan fingerprint density at radius 3 is 2.95 bits per heavy atom. The first kappa shape index (κ1) is 14.0. The summed E-state index contributed by atoms with van der Waals surface area (Å²) in [6.45, 7) is 1.62. The first-order valence-corrected chi connectivity index (χ1v) is 7.11. The van der Waals surface area contributed by atoms with Gasteiger partial charge >= 0.3 is 0 Å². The molecule has 3 nitrogen and oxygen atoms in total. The van der Waals surface area contributed by atoms with E-state index in [2.05, 4.69) is 10.6 Å². The SMILES string of the molecule is O=C(Nc1ccc(Cl)c(F)c1)c1cccc2c1CCNC2. The van der Waals surface area contributed by atoms with Crippen LogP contribution in [0.1, 0.15) is 21.5 Å². The largest absolute Gasteiger partial charge is 0.322 e. The Balaban J connectivity index is 1.87. The zero-order valence-electron chi connectivity index (χ0n) is 11.2. The standard InChI is InChI=1S/C16H14ClFN2O/c17-14-5-4-11(8-15(14)18)20-16(21)13-3-1-2-10-9-19-7-6-12(10)13/h1-5,8,19H,6-7,9H2,(H,20,21). The topological polar surface area (TPSA) is 41.1 Å². The minimum absolute atomic E-state index is 0.0381. The van der Waals surface area contributed by atoms with Crippen LogP contribution in [0.2, 0.25) is 5.02 Å². The Morgan fingerprint density at radius 1 is 1.29 bits per heavy atom. The summed E-state index contributed by atoms with van der Waals surface area (Å²) in [5.41, 5.74) is 3.23. The van der Waals surface area contributed by atoms with Crippen molar-refractivity contribution in [2.75, 3.05) is 11.9 Å². The molecule has 0 saturated carbocycles. The van der Waals surface area contributed by atoms with Crippen molar-refractivity contribution in [2.24, 2.45) is 0 Å². The summed E-state index contributed by atoms with van der Waals surface area (Å²) in [4.78, 5) is 12.4. The number of hydrogen-bond donors (Lipinski definition) is 2. The van der Waals surface area contributed by atoms with Crippen molar-refractivity contribution in [2.45, 2.75) is 13.0 Å². The van der Waals surface area contributed by atoms with Crippen molar-refractivity contribution in [3.63, 3.8) is 0 Å². The quantitative estimate of drug-likeness (QED) is 0.893. The molecule has 2 N–H and O–H groups in total. The van der Waals surface area contributed by atoms with Gasteiger partial charge in [-0.2, -0.15) is 0 Å². The van der Waals surface area contributed by atoms with Crippen LogP contribution in [0.3, 0.4) is 0 Å². The summed E-state index contributed by atoms with van der Waals surface area (Å²) in [5, 5.41) is 6.03. The van der Waals surface area contributed by atoms with E-state index < -0.39 is 5.82 Å². The minimum Gasteiger partial charge on any atom is -0.322 e. The Morgan fingerprint density at radius 2 is 2.14 bits per heavy atom. The molecule has 2 aromatic carbocycles. The fourth-order valence-corrected chi connectivity index (χ4v) is 2.63. The highest BCUT2D eigenvalue weighted by atomic mass is 35.5. The summed E-state index contributed by atoms with van der Waals surface area (Å²) < 4.78 is 13.4. The molecule has 1 heterocycles. The number of fused-ring (bicyclic) bond motifs is 1. The predicted molar refractivity (Wildman–Crippen MR) is 81.2 cm³/mol. The fraction of sp³-hybridized carbons (Fsp3) is 0.188. The Bertz CT molecular complexity index is 703. The fourth-order valence-electron chi connectivity index (χ4n) is 2.52. The number of carbonyl (C=O) groups excluding carboxylic acids is 1. The van der Waals surface area contributed by atoms with Crippen LogP contribution in [0.15, 0.2) is 36.4 Å². The van der Waals surface area contributed by atoms with Gasteiger partial charge in [0.15, 0.2) is 0 Å². The number of carbonyl (C=O) groups is 1. The molecule has 0 atom stereocenters. The third-order valence-corrected chi connectivity index (χ3v) is 3.87. The van der Waals surface area contributed by atoms with E-state index in [0.29, 0.717) is 11.3 Å². The lowest BCUT2D eigenvalue weighted by atomic mass is 9.95. The molecule has 1 aliphatic heterocycles. The van der Waals surface area contributed by atoms with Crippen LogP contribution in [0.25, 0.3) is 0 Å². The van der Waals surface area contributed by atoms with Crippen LogP contribution < -0.4 is 10.6 Å². The van der Waals surface area contributed by atoms with Gasteiger partial charge in [-0.25, -0.2) is 4.39 Å². The number of hydrogen-bond acceptors (Lipinski definition) is 2. The van der Waals surface area contributed by atoms with Gasteiger partial charge in [-0.15, -0.1) is 0 Å². The zero-order valence-corrected chi connectivity index (χ0v) is 12.0. The predicted octanol–water partition coefficient (Wildman–Crippen LogP) is 3.38. The number of rotatable bonds is 2. The third kappa shape index (κ3) is 2.91. The summed E-state index contributed by atoms with van der Waals surface area (Å²) in [6.07, 6.45) is 0.813. The summed E-state index contributed by atoms with van der Waals surface area (Å²) in [7, 11) is 0. The lowest BCUT2D eigenvalue weighted by Gasteiger charge is -2.20. The highest BCUT2D eigenvalue weighted by Crippen LogP contribution is 2.22. The highest BCUT2D eigenvalue weighted by Gasteiger charge is 2.17. The first-order chi connectivity index (χ1) is 10.1. The van der Waals surface area contributed by atoms with Crippen LogP contribution in [0, 0.1) is 5.82 Å². The zero-order chi connectivity index (χ0) is 14.8. The highest BCUT2D eigenvalue weighted by molar-refractivity contribution is 6.30. The Labute approximate surface area is 127 Å². The normalized spacial score (nSPS) is 13.6. The maximum absolute atomic E-state index is 13.4. The lowest BCUT2D eigenvalue weighted by molar-refractivity contribution is 0.102. The van der Waals surface area contributed by atoms with Gasteiger partial charge in [0.1, 0.15) is 5.82 Å². The van der Waals surface area contributed by atoms with E-state index in [9.17, 15) is 9.18 Å². The van der Waals surface area contributed by atoms with Gasteiger partial charge < -0.3 is 10.6 Å². The third-order valence-electron chi connectivity index (χ3n) is 3.56. The van der Waals surface area contributed by atoms with E-state index in [-0.39, 0.29) is 10.9 Å². The first-order valence-electron chi connectivity index (χ1n) is 6.73. The molecular weight excluding hydrogens is 291 g/mol. The number of halogens is 2. The Hall–Kier alpha value is -1.91. The average Bonchev–Trinajstić information content (AvgIpc) is 2.50. The van der Waals surface area contributed by atoms with Crippen molar-refractivity contribution in [3.8, 4) is 0 Å². The maximum Gasteiger partial charge on any atom is 0.255 e. The Kier molecular flexibility index (Phi) is 3.90. The van der Waals surface area contributed by atoms with Gasteiger partial charge in [0.25, 0.3) is 5.91 Å². The average molecular weight is 305 g/mol. The van der Waals surface area contributed by atoms with Gasteiger partial charge in [-0.3, -0.25) is 4.79 Å². The molecular formula is C16H14ClFN2O. The van der Waals surface area contributed by atoms with E-state index in [4.69, 9.17) is 11.6 Å². The van der Waals surface area contributed by atoms with E-state index in [1.165, 1.54) is 12.1 Å². The van der Waals surface area contributed by atoms with Crippen LogP contribution in [-0.2, 0) is 13.0 Å². The second kappa shape index (κ2) is 5.84. The second-order valence-corrected chi connectivity index (χ2v) is 5.36. The van der Waals surface area contributed by atoms with Gasteiger partial charge in [0, 0.05) is 17.8 Å². The van der Waals surface area contributed by atoms with E-state index >= 15 is 0 Å². The molecule has 3 rings (SSSR count). The van der Waals surface area contributed by atoms with Crippen LogP contribution in [0.5, 0.6) is 0 Å². The number of amides is 1. The van der Waals surface area contributed by atoms with E-state index in [0.717, 1.165) is 30.6 Å². The second-order valence-electron chi connectivity index (χ2n) is 4.95. The summed E-state index contributed by atoms with van der Waals surface area (Å²) >= 11 is 5.63. The van der Waals surface area contributed by atoms with Crippen molar-refractivity contribution >= 4 is 23.2 Å². The molecule has 0 aliphatic carbocycles. The molecule has 0 unspecified atom stereocenters. The molecule has 0 spiro atoms. The summed E-state index contributed by atoms with van der Waals surface area (Å²) in [5.74, 6) is -0.774. The van der Waals surface area contributed by atoms with E-state index in [1.807, 2.05) is 12.1 Å². The molecule has 0 saturated heterocycles. The molecule has 108 valence electrons. The minimum atomic E-state index is -0.547. The van der Waals surface area contributed by atoms with Crippen molar-refractivity contribution in [1.82, 2.24) is 5.32 Å². The molecule has 1 amide bonds. The van der Waals surface area contributed by atoms with Crippen molar-refractivity contribution in [1.29, 1.82) is 0 Å². The summed E-state index contributed by atoms with van der Waals surface area (Å²) in [6, 6.07) is 9.91. The molecule has 0 bridgehead atoms. The molecule has 0 radical (unpaired) electrons. The molecule has 1 aliphatic rings. The van der Waals surface area contributed by atoms with Crippen LogP contribution in [-0.4, -0.2) is 12.5 Å². The van der Waals surface area contributed by atoms with Crippen molar-refractivity contribution in [3.05, 3.63) is 63.9 Å². The van der Waals surface area contributed by atoms with Gasteiger partial charge in [-0.1, -0.05) is 23.7 Å². The van der Waals surface area contributed by atoms with Crippen LogP contribution in [0.4, 0.5) is 10.1 Å². The van der Waals surface area contributed by atoms with Gasteiger partial charge in [-0.05, 0) is 48.4 Å². The molecule has 21 heavy (non-hydrogen) atoms. The van der Waals surface area contributed by atoms with Crippen molar-refractivity contribution < 1.29 is 9.18 Å². The molecule has 2 aromatic rings. The van der Waals surface area contributed by atoms with E-state index in [1.54, 1.807) is 12.1 Å². The smallest absolute Gasteiger partial charge is 0.255 e. The van der Waals surface area contributed by atoms with Gasteiger partial charge in [0.05, 0.1) is 5.02 Å². The molecule has 0 fully saturated rings. The maximum atomic E-state index is 13.4. The van der Waals surface area contributed by atoms with Crippen LogP contribution >= 0.6 is 11.6 Å². The number of nitrogens with one attached hydrogen (secondary N) is 2. The number of anilines is 1. The van der Waals surface area contributed by atoms with Gasteiger partial charge in [0.2, 0.25) is 0 Å². The molecule has 5 heteroatoms.